The van der Waals surface area contributed by atoms with Crippen molar-refractivity contribution in [2.24, 2.45) is 5.92 Å². The maximum atomic E-state index is 11.8. The first-order valence-corrected chi connectivity index (χ1v) is 9.33. The summed E-state index contributed by atoms with van der Waals surface area (Å²) in [6.45, 7) is 3.49. The normalized spacial score (nSPS) is 11.5. The Morgan fingerprint density at radius 1 is 1.19 bits per heavy atom. The van der Waals surface area contributed by atoms with Crippen molar-refractivity contribution in [2.45, 2.75) is 32.1 Å². The lowest BCUT2D eigenvalue weighted by Gasteiger charge is -2.16. The summed E-state index contributed by atoms with van der Waals surface area (Å²) in [5.74, 6) is -0.985. The van der Waals surface area contributed by atoms with Gasteiger partial charge in [0.05, 0.1) is 23.9 Å². The van der Waals surface area contributed by atoms with E-state index in [1.165, 1.54) is 11.8 Å². The van der Waals surface area contributed by atoms with Crippen molar-refractivity contribution >= 4 is 29.5 Å². The van der Waals surface area contributed by atoms with Crippen molar-refractivity contribution in [3.8, 4) is 6.07 Å². The van der Waals surface area contributed by atoms with Crippen LogP contribution >= 0.6 is 11.8 Å². The molecule has 1 rings (SSSR count). The van der Waals surface area contributed by atoms with Crippen LogP contribution in [0.2, 0.25) is 0 Å². The number of amides is 2. The predicted octanol–water partition coefficient (Wildman–Crippen LogP) is 1.52. The second kappa shape index (κ2) is 11.2. The zero-order valence-electron chi connectivity index (χ0n) is 14.8. The van der Waals surface area contributed by atoms with E-state index in [9.17, 15) is 14.4 Å². The van der Waals surface area contributed by atoms with E-state index in [-0.39, 0.29) is 24.1 Å². The molecule has 0 bridgehead atoms. The van der Waals surface area contributed by atoms with Crippen molar-refractivity contribution in [2.75, 3.05) is 12.3 Å². The molecule has 0 saturated heterocycles. The number of carbonyl (C=O) groups excluding carboxylic acids is 2. The molecule has 0 unspecified atom stereocenters. The molecule has 1 aromatic carbocycles. The van der Waals surface area contributed by atoms with Gasteiger partial charge in [0, 0.05) is 5.75 Å². The number of aliphatic carboxylic acids is 1. The average Bonchev–Trinajstić information content (AvgIpc) is 2.59. The number of rotatable bonds is 10. The Bertz CT molecular complexity index is 668. The number of hydrogen-bond donors (Lipinski definition) is 3. The van der Waals surface area contributed by atoms with E-state index in [1.54, 1.807) is 12.1 Å². The zero-order chi connectivity index (χ0) is 19.5. The van der Waals surface area contributed by atoms with Gasteiger partial charge in [0.25, 0.3) is 0 Å². The second-order valence-corrected chi connectivity index (χ2v) is 7.15. The van der Waals surface area contributed by atoms with Gasteiger partial charge in [-0.3, -0.25) is 9.59 Å². The Labute approximate surface area is 157 Å². The quantitative estimate of drug-likeness (QED) is 0.569. The van der Waals surface area contributed by atoms with Crippen molar-refractivity contribution in [3.63, 3.8) is 0 Å². The fraction of sp³-hybridized carbons (Fsp3) is 0.444. The second-order valence-electron chi connectivity index (χ2n) is 6.17. The Morgan fingerprint density at radius 3 is 2.38 bits per heavy atom. The standard InChI is InChI=1S/C18H23N3O4S/c1-12(2)7-15(18(24)25)21-16(22)9-20-17(23)11-26-10-14-5-3-13(8-19)4-6-14/h3-6,12,15H,7,9-11H2,1-2H3,(H,20,23)(H,21,22)(H,24,25)/t15-/m0/s1. The summed E-state index contributed by atoms with van der Waals surface area (Å²) in [7, 11) is 0. The molecule has 0 aromatic heterocycles. The van der Waals surface area contributed by atoms with E-state index in [4.69, 9.17) is 10.4 Å². The Balaban J connectivity index is 2.29. The molecule has 1 atom stereocenters. The Kier molecular flexibility index (Phi) is 9.23. The molecule has 0 aliphatic carbocycles. The van der Waals surface area contributed by atoms with Crippen LogP contribution in [0.5, 0.6) is 0 Å². The monoisotopic (exact) mass is 377 g/mol. The maximum absolute atomic E-state index is 11.8. The van der Waals surface area contributed by atoms with Crippen molar-refractivity contribution < 1.29 is 19.5 Å². The van der Waals surface area contributed by atoms with Crippen LogP contribution < -0.4 is 10.6 Å². The van der Waals surface area contributed by atoms with Gasteiger partial charge >= 0.3 is 5.97 Å². The minimum atomic E-state index is -1.09. The van der Waals surface area contributed by atoms with E-state index in [0.29, 0.717) is 17.7 Å². The van der Waals surface area contributed by atoms with Gasteiger partial charge in [0.1, 0.15) is 6.04 Å². The highest BCUT2D eigenvalue weighted by Crippen LogP contribution is 2.12. The highest BCUT2D eigenvalue weighted by molar-refractivity contribution is 7.99. The van der Waals surface area contributed by atoms with Crippen LogP contribution in [0.25, 0.3) is 0 Å². The van der Waals surface area contributed by atoms with Gasteiger partial charge in [0.15, 0.2) is 0 Å². The summed E-state index contributed by atoms with van der Waals surface area (Å²) < 4.78 is 0. The van der Waals surface area contributed by atoms with E-state index in [1.807, 2.05) is 32.0 Å². The third-order valence-electron chi connectivity index (χ3n) is 3.37. The lowest BCUT2D eigenvalue weighted by molar-refractivity contribution is -0.142. The van der Waals surface area contributed by atoms with Crippen LogP contribution in [-0.2, 0) is 20.1 Å². The Morgan fingerprint density at radius 2 is 1.85 bits per heavy atom. The molecule has 26 heavy (non-hydrogen) atoms. The number of nitrogens with zero attached hydrogens (tertiary/aromatic N) is 1. The van der Waals surface area contributed by atoms with Gasteiger partial charge in [-0.05, 0) is 30.0 Å². The van der Waals surface area contributed by atoms with Crippen LogP contribution in [0, 0.1) is 17.2 Å². The lowest BCUT2D eigenvalue weighted by Crippen LogP contribution is -2.46. The molecule has 0 heterocycles. The molecule has 0 saturated carbocycles. The van der Waals surface area contributed by atoms with Crippen molar-refractivity contribution in [3.05, 3.63) is 35.4 Å². The number of carboxylic acids is 1. The number of carboxylic acid groups (broad SMARTS) is 1. The molecule has 0 aliphatic rings. The third kappa shape index (κ3) is 8.53. The van der Waals surface area contributed by atoms with Crippen molar-refractivity contribution in [1.29, 1.82) is 5.26 Å². The van der Waals surface area contributed by atoms with Gasteiger partial charge in [0.2, 0.25) is 11.8 Å². The smallest absolute Gasteiger partial charge is 0.326 e. The number of hydrogen-bond acceptors (Lipinski definition) is 5. The highest BCUT2D eigenvalue weighted by atomic mass is 32.2. The third-order valence-corrected chi connectivity index (χ3v) is 4.38. The molecule has 1 aromatic rings. The molecule has 0 fully saturated rings. The SMILES string of the molecule is CC(C)C[C@H](NC(=O)CNC(=O)CSCc1ccc(C#N)cc1)C(=O)O. The van der Waals surface area contributed by atoms with Crippen LogP contribution in [0.1, 0.15) is 31.4 Å². The number of thioether (sulfide) groups is 1. The van der Waals surface area contributed by atoms with Gasteiger partial charge in [-0.25, -0.2) is 4.79 Å². The van der Waals surface area contributed by atoms with Gasteiger partial charge in [-0.1, -0.05) is 26.0 Å². The first kappa shape index (κ1) is 21.5. The molecule has 8 heteroatoms. The largest absolute Gasteiger partial charge is 0.480 e. The van der Waals surface area contributed by atoms with Crippen LogP contribution in [-0.4, -0.2) is 41.2 Å². The maximum Gasteiger partial charge on any atom is 0.326 e. The fourth-order valence-electron chi connectivity index (χ4n) is 2.11. The van der Waals surface area contributed by atoms with Gasteiger partial charge in [-0.15, -0.1) is 11.8 Å². The van der Waals surface area contributed by atoms with Crippen LogP contribution in [0.3, 0.4) is 0 Å². The summed E-state index contributed by atoms with van der Waals surface area (Å²) >= 11 is 1.39. The predicted molar refractivity (Wildman–Crippen MR) is 99.4 cm³/mol. The minimum Gasteiger partial charge on any atom is -0.480 e. The van der Waals surface area contributed by atoms with E-state index in [0.717, 1.165) is 5.56 Å². The number of nitrogens with one attached hydrogen (secondary N) is 2. The van der Waals surface area contributed by atoms with Crippen molar-refractivity contribution in [1.82, 2.24) is 10.6 Å². The van der Waals surface area contributed by atoms with E-state index in [2.05, 4.69) is 10.6 Å². The average molecular weight is 377 g/mol. The zero-order valence-corrected chi connectivity index (χ0v) is 15.6. The molecule has 7 nitrogen and oxygen atoms in total. The molecule has 0 radical (unpaired) electrons. The summed E-state index contributed by atoms with van der Waals surface area (Å²) in [5, 5.41) is 22.7. The topological polar surface area (TPSA) is 119 Å². The molecule has 140 valence electrons. The summed E-state index contributed by atoms with van der Waals surface area (Å²) in [6, 6.07) is 8.19. The van der Waals surface area contributed by atoms with Crippen LogP contribution in [0.15, 0.2) is 24.3 Å². The molecule has 0 aliphatic heterocycles. The lowest BCUT2D eigenvalue weighted by atomic mass is 10.0. The number of benzene rings is 1. The molecular weight excluding hydrogens is 354 g/mol. The summed E-state index contributed by atoms with van der Waals surface area (Å²) in [6.07, 6.45) is 0.329. The summed E-state index contributed by atoms with van der Waals surface area (Å²) in [5.41, 5.74) is 1.58. The van der Waals surface area contributed by atoms with E-state index < -0.39 is 17.9 Å². The first-order valence-electron chi connectivity index (χ1n) is 8.17. The molecule has 0 spiro atoms. The van der Waals surface area contributed by atoms with Gasteiger partial charge in [-0.2, -0.15) is 5.26 Å². The molecular formula is C18H23N3O4S. The molecule has 2 amide bonds. The first-order chi connectivity index (χ1) is 12.3. The molecule has 3 N–H and O–H groups in total. The fourth-order valence-corrected chi connectivity index (χ4v) is 2.92. The van der Waals surface area contributed by atoms with Crippen LogP contribution in [0.4, 0.5) is 0 Å². The number of nitriles is 1. The minimum absolute atomic E-state index is 0.129. The summed E-state index contributed by atoms with van der Waals surface area (Å²) in [4.78, 5) is 34.6. The number of carbonyl (C=O) groups is 3. The Hall–Kier alpha value is -2.53. The van der Waals surface area contributed by atoms with E-state index >= 15 is 0 Å². The highest BCUT2D eigenvalue weighted by Gasteiger charge is 2.21. The van der Waals surface area contributed by atoms with Gasteiger partial charge < -0.3 is 15.7 Å².